The van der Waals surface area contributed by atoms with Crippen molar-refractivity contribution in [3.63, 3.8) is 0 Å². The second kappa shape index (κ2) is 14.9. The minimum absolute atomic E-state index is 0.000922. The van der Waals surface area contributed by atoms with E-state index < -0.39 is 5.97 Å². The maximum atomic E-state index is 11.6. The Morgan fingerprint density at radius 2 is 1.70 bits per heavy atom. The fourth-order valence-electron chi connectivity index (χ4n) is 2.90. The first kappa shape index (κ1) is 22.9. The average Bonchev–Trinajstić information content (AvgIpc) is 3.18. The summed E-state index contributed by atoms with van der Waals surface area (Å²) in [4.78, 5) is 26.3. The minimum Gasteiger partial charge on any atom is -0.481 e. The van der Waals surface area contributed by atoms with Gasteiger partial charge in [0.15, 0.2) is 5.82 Å². The molecule has 27 heavy (non-hydrogen) atoms. The van der Waals surface area contributed by atoms with Crippen molar-refractivity contribution >= 4 is 17.4 Å². The predicted octanol–water partition coefficient (Wildman–Crippen LogP) is 4.09. The summed E-state index contributed by atoms with van der Waals surface area (Å²) in [5.74, 6) is -0.489. The van der Waals surface area contributed by atoms with E-state index in [0.717, 1.165) is 24.2 Å². The van der Waals surface area contributed by atoms with Crippen LogP contribution in [0.2, 0.25) is 0 Å². The van der Waals surface area contributed by atoms with Crippen molar-refractivity contribution < 1.29 is 14.7 Å². The van der Waals surface area contributed by atoms with Gasteiger partial charge < -0.3 is 10.4 Å². The van der Waals surface area contributed by atoms with Gasteiger partial charge in [0.1, 0.15) is 6.33 Å². The summed E-state index contributed by atoms with van der Waals surface area (Å²) in [7, 11) is 0. The lowest BCUT2D eigenvalue weighted by Gasteiger charge is -2.06. The van der Waals surface area contributed by atoms with Crippen LogP contribution in [-0.4, -0.2) is 38.7 Å². The van der Waals surface area contributed by atoms with E-state index in [1.807, 2.05) is 6.08 Å². The number of aliphatic carboxylic acids is 1. The second-order valence-electron chi connectivity index (χ2n) is 6.84. The number of hydrogen-bond donors (Lipinski definition) is 3. The number of rotatable bonds is 16. The highest BCUT2D eigenvalue weighted by Crippen LogP contribution is 2.18. The molecule has 7 heteroatoms. The Labute approximate surface area is 162 Å². The second-order valence-corrected chi connectivity index (χ2v) is 6.84. The number of carbonyl (C=O) groups excluding carboxylic acids is 1. The molecule has 0 aromatic carbocycles. The molecule has 0 fully saturated rings. The van der Waals surface area contributed by atoms with Crippen molar-refractivity contribution in [2.24, 2.45) is 0 Å². The Morgan fingerprint density at radius 1 is 1.04 bits per heavy atom. The zero-order chi connectivity index (χ0) is 19.7. The van der Waals surface area contributed by atoms with Crippen LogP contribution in [0, 0.1) is 0 Å². The van der Waals surface area contributed by atoms with Gasteiger partial charge in [-0.15, -0.1) is 0 Å². The standard InChI is InChI=1S/C20H34N4O3/c1-2-3-4-5-6-7-8-9-10-11-17(20-22-16-23-24-20)14-15-21-18(25)12-13-19(26)27/h14,16H,2-13,15H2,1H3,(H,21,25)(H,26,27)(H,22,23,24). The van der Waals surface area contributed by atoms with E-state index in [9.17, 15) is 9.59 Å². The van der Waals surface area contributed by atoms with E-state index >= 15 is 0 Å². The number of allylic oxidation sites excluding steroid dienone is 1. The lowest BCUT2D eigenvalue weighted by Crippen LogP contribution is -2.24. The molecule has 152 valence electrons. The number of carboxylic acid groups (broad SMARTS) is 1. The zero-order valence-corrected chi connectivity index (χ0v) is 16.5. The number of nitrogens with zero attached hydrogens (tertiary/aromatic N) is 2. The van der Waals surface area contributed by atoms with Gasteiger partial charge in [0, 0.05) is 13.0 Å². The molecule has 0 atom stereocenters. The molecule has 0 spiro atoms. The van der Waals surface area contributed by atoms with Crippen LogP contribution in [0.25, 0.3) is 5.57 Å². The highest BCUT2D eigenvalue weighted by Gasteiger charge is 2.07. The van der Waals surface area contributed by atoms with Crippen LogP contribution in [0.3, 0.4) is 0 Å². The number of H-pyrrole nitrogens is 1. The first-order chi connectivity index (χ1) is 13.1. The minimum atomic E-state index is -0.964. The summed E-state index contributed by atoms with van der Waals surface area (Å²) < 4.78 is 0. The molecular weight excluding hydrogens is 344 g/mol. The fourth-order valence-corrected chi connectivity index (χ4v) is 2.90. The molecule has 0 aliphatic rings. The average molecular weight is 379 g/mol. The molecule has 0 bridgehead atoms. The third kappa shape index (κ3) is 11.9. The van der Waals surface area contributed by atoms with E-state index in [-0.39, 0.29) is 18.7 Å². The smallest absolute Gasteiger partial charge is 0.303 e. The van der Waals surface area contributed by atoms with Gasteiger partial charge in [-0.05, 0) is 18.4 Å². The highest BCUT2D eigenvalue weighted by molar-refractivity contribution is 5.80. The SMILES string of the molecule is CCCCCCCCCCCC(=CCNC(=O)CCC(=O)O)c1ncn[nH]1. The first-order valence-electron chi connectivity index (χ1n) is 10.2. The van der Waals surface area contributed by atoms with Crippen molar-refractivity contribution in [1.29, 1.82) is 0 Å². The normalized spacial score (nSPS) is 11.5. The number of carboxylic acids is 1. The van der Waals surface area contributed by atoms with E-state index in [2.05, 4.69) is 27.4 Å². The van der Waals surface area contributed by atoms with Crippen molar-refractivity contribution in [3.05, 3.63) is 18.2 Å². The summed E-state index contributed by atoms with van der Waals surface area (Å²) in [5.41, 5.74) is 1.04. The van der Waals surface area contributed by atoms with Gasteiger partial charge in [-0.1, -0.05) is 64.4 Å². The fraction of sp³-hybridized carbons (Fsp3) is 0.700. The summed E-state index contributed by atoms with van der Waals surface area (Å²) >= 11 is 0. The maximum absolute atomic E-state index is 11.6. The number of carbonyl (C=O) groups is 2. The van der Waals surface area contributed by atoms with Gasteiger partial charge in [-0.3, -0.25) is 14.7 Å². The largest absolute Gasteiger partial charge is 0.481 e. The Hall–Kier alpha value is -2.18. The molecule has 1 aromatic heterocycles. The number of amides is 1. The summed E-state index contributed by atoms with van der Waals surface area (Å²) in [5, 5.41) is 18.1. The lowest BCUT2D eigenvalue weighted by molar-refractivity contribution is -0.138. The van der Waals surface area contributed by atoms with E-state index in [1.54, 1.807) is 0 Å². The molecule has 1 rings (SSSR count). The van der Waals surface area contributed by atoms with Crippen molar-refractivity contribution in [2.75, 3.05) is 6.54 Å². The van der Waals surface area contributed by atoms with Gasteiger partial charge in [-0.2, -0.15) is 5.10 Å². The lowest BCUT2D eigenvalue weighted by atomic mass is 10.0. The number of aromatic nitrogens is 3. The van der Waals surface area contributed by atoms with Crippen LogP contribution in [-0.2, 0) is 9.59 Å². The van der Waals surface area contributed by atoms with Crippen LogP contribution in [0.15, 0.2) is 12.4 Å². The molecule has 1 aromatic rings. The number of aromatic amines is 1. The molecule has 0 saturated heterocycles. The number of hydrogen-bond acceptors (Lipinski definition) is 4. The maximum Gasteiger partial charge on any atom is 0.303 e. The molecule has 7 nitrogen and oxygen atoms in total. The molecule has 3 N–H and O–H groups in total. The van der Waals surface area contributed by atoms with E-state index in [0.29, 0.717) is 6.54 Å². The summed E-state index contributed by atoms with van der Waals surface area (Å²) in [6.07, 6.45) is 15.6. The summed E-state index contributed by atoms with van der Waals surface area (Å²) in [6.45, 7) is 2.60. The van der Waals surface area contributed by atoms with Crippen LogP contribution in [0.4, 0.5) is 0 Å². The predicted molar refractivity (Wildman–Crippen MR) is 106 cm³/mol. The van der Waals surface area contributed by atoms with Crippen LogP contribution >= 0.6 is 0 Å². The molecule has 1 amide bonds. The third-order valence-electron chi connectivity index (χ3n) is 4.48. The molecule has 0 aliphatic heterocycles. The number of unbranched alkanes of at least 4 members (excludes halogenated alkanes) is 8. The molecule has 0 radical (unpaired) electrons. The first-order valence-corrected chi connectivity index (χ1v) is 10.2. The topological polar surface area (TPSA) is 108 Å². The quantitative estimate of drug-likeness (QED) is 0.375. The number of nitrogens with one attached hydrogen (secondary N) is 2. The van der Waals surface area contributed by atoms with Gasteiger partial charge in [-0.25, -0.2) is 4.98 Å². The van der Waals surface area contributed by atoms with Crippen molar-refractivity contribution in [2.45, 2.75) is 84.0 Å². The van der Waals surface area contributed by atoms with Gasteiger partial charge in [0.25, 0.3) is 0 Å². The van der Waals surface area contributed by atoms with E-state index in [4.69, 9.17) is 5.11 Å². The molecular formula is C20H34N4O3. The summed E-state index contributed by atoms with van der Waals surface area (Å²) in [6, 6.07) is 0. The van der Waals surface area contributed by atoms with Gasteiger partial charge >= 0.3 is 5.97 Å². The highest BCUT2D eigenvalue weighted by atomic mass is 16.4. The molecule has 0 aliphatic carbocycles. The zero-order valence-electron chi connectivity index (χ0n) is 16.5. The van der Waals surface area contributed by atoms with Gasteiger partial charge in [0.2, 0.25) is 5.91 Å². The van der Waals surface area contributed by atoms with Crippen LogP contribution in [0.5, 0.6) is 0 Å². The Kier molecular flexibility index (Phi) is 12.6. The van der Waals surface area contributed by atoms with Crippen LogP contribution in [0.1, 0.15) is 89.8 Å². The van der Waals surface area contributed by atoms with Crippen LogP contribution < -0.4 is 5.32 Å². The monoisotopic (exact) mass is 378 g/mol. The Bertz CT molecular complexity index is 556. The molecule has 0 saturated carbocycles. The van der Waals surface area contributed by atoms with Gasteiger partial charge in [0.05, 0.1) is 6.42 Å². The van der Waals surface area contributed by atoms with Crippen molar-refractivity contribution in [1.82, 2.24) is 20.5 Å². The Morgan fingerprint density at radius 3 is 2.30 bits per heavy atom. The molecule has 1 heterocycles. The van der Waals surface area contributed by atoms with E-state index in [1.165, 1.54) is 57.7 Å². The third-order valence-corrected chi connectivity index (χ3v) is 4.48. The molecule has 0 unspecified atom stereocenters. The van der Waals surface area contributed by atoms with Crippen molar-refractivity contribution in [3.8, 4) is 0 Å². The Balaban J connectivity index is 2.28.